The second-order valence-electron chi connectivity index (χ2n) is 9.09. The third-order valence-corrected chi connectivity index (χ3v) is 7.59. The number of methoxy groups -OCH3 is 2. The standard InChI is InChI=1S/C22H31NO4/c1-13(24)23-20-21(2,3)15-11-16-19(27-9-8-22(16,20)12-15)14-6-7-17(25-4)18(10-14)26-5/h6-7,10,15-16,19-20H,8-9,11-12H2,1-5H3,(H,23,24)/t15-,16-,19-,20+,22?/m1/s1. The highest BCUT2D eigenvalue weighted by molar-refractivity contribution is 5.73. The zero-order valence-electron chi connectivity index (χ0n) is 17.0. The van der Waals surface area contributed by atoms with Crippen LogP contribution in [0.1, 0.15) is 51.7 Å². The largest absolute Gasteiger partial charge is 0.493 e. The first kappa shape index (κ1) is 18.6. The van der Waals surface area contributed by atoms with Crippen LogP contribution in [0.5, 0.6) is 11.5 Å². The van der Waals surface area contributed by atoms with Crippen molar-refractivity contribution in [3.63, 3.8) is 0 Å². The number of hydrogen-bond donors (Lipinski definition) is 1. The summed E-state index contributed by atoms with van der Waals surface area (Å²) in [5.41, 5.74) is 1.39. The molecule has 2 bridgehead atoms. The van der Waals surface area contributed by atoms with Crippen molar-refractivity contribution in [2.24, 2.45) is 22.7 Å². The molecule has 1 saturated heterocycles. The highest BCUT2D eigenvalue weighted by atomic mass is 16.5. The minimum Gasteiger partial charge on any atom is -0.493 e. The molecule has 27 heavy (non-hydrogen) atoms. The van der Waals surface area contributed by atoms with Gasteiger partial charge < -0.3 is 19.5 Å². The van der Waals surface area contributed by atoms with E-state index < -0.39 is 0 Å². The molecule has 1 aliphatic heterocycles. The van der Waals surface area contributed by atoms with Gasteiger partial charge in [0.2, 0.25) is 5.91 Å². The lowest BCUT2D eigenvalue weighted by atomic mass is 9.59. The highest BCUT2D eigenvalue weighted by Crippen LogP contribution is 2.70. The lowest BCUT2D eigenvalue weighted by Crippen LogP contribution is -2.58. The van der Waals surface area contributed by atoms with Gasteiger partial charge in [0.25, 0.3) is 0 Å². The molecular formula is C22H31NO4. The normalized spacial score (nSPS) is 36.2. The summed E-state index contributed by atoms with van der Waals surface area (Å²) in [6.45, 7) is 7.02. The molecule has 148 valence electrons. The number of hydrogen-bond acceptors (Lipinski definition) is 4. The molecule has 5 atom stereocenters. The highest BCUT2D eigenvalue weighted by Gasteiger charge is 2.68. The number of benzene rings is 1. The molecule has 1 aromatic rings. The van der Waals surface area contributed by atoms with Gasteiger partial charge in [-0.05, 0) is 59.6 Å². The zero-order valence-corrected chi connectivity index (χ0v) is 17.0. The van der Waals surface area contributed by atoms with E-state index in [4.69, 9.17) is 14.2 Å². The van der Waals surface area contributed by atoms with Crippen molar-refractivity contribution in [2.75, 3.05) is 20.8 Å². The Bertz CT molecular complexity index is 746. The minimum absolute atomic E-state index is 0.0379. The average Bonchev–Trinajstić information content (AvgIpc) is 3.13. The summed E-state index contributed by atoms with van der Waals surface area (Å²) in [5.74, 6) is 2.57. The number of ether oxygens (including phenoxy) is 3. The van der Waals surface area contributed by atoms with Crippen molar-refractivity contribution < 1.29 is 19.0 Å². The minimum atomic E-state index is 0.0379. The number of carbonyl (C=O) groups excluding carboxylic acids is 1. The van der Waals surface area contributed by atoms with E-state index in [1.54, 1.807) is 21.1 Å². The van der Waals surface area contributed by atoms with Crippen LogP contribution in [0.3, 0.4) is 0 Å². The van der Waals surface area contributed by atoms with E-state index in [0.29, 0.717) is 11.8 Å². The van der Waals surface area contributed by atoms with E-state index in [2.05, 4.69) is 25.2 Å². The fourth-order valence-corrected chi connectivity index (χ4v) is 6.35. The van der Waals surface area contributed by atoms with Gasteiger partial charge in [-0.1, -0.05) is 19.9 Å². The first-order valence-corrected chi connectivity index (χ1v) is 9.94. The third-order valence-electron chi connectivity index (χ3n) is 7.59. The topological polar surface area (TPSA) is 56.8 Å². The van der Waals surface area contributed by atoms with Crippen LogP contribution in [0.2, 0.25) is 0 Å². The molecule has 3 fully saturated rings. The van der Waals surface area contributed by atoms with E-state index in [1.807, 2.05) is 12.1 Å². The van der Waals surface area contributed by atoms with Gasteiger partial charge in [-0.25, -0.2) is 0 Å². The van der Waals surface area contributed by atoms with E-state index >= 15 is 0 Å². The molecule has 4 rings (SSSR count). The Kier molecular flexibility index (Phi) is 4.41. The van der Waals surface area contributed by atoms with Crippen LogP contribution in [0.4, 0.5) is 0 Å². The Hall–Kier alpha value is -1.75. The van der Waals surface area contributed by atoms with Crippen molar-refractivity contribution in [3.8, 4) is 11.5 Å². The van der Waals surface area contributed by atoms with Crippen LogP contribution < -0.4 is 14.8 Å². The van der Waals surface area contributed by atoms with Crippen LogP contribution in [0.15, 0.2) is 18.2 Å². The van der Waals surface area contributed by atoms with E-state index in [0.717, 1.165) is 36.5 Å². The number of fused-ring (bicyclic) bond motifs is 1. The molecule has 0 radical (unpaired) electrons. The molecule has 3 aliphatic rings. The van der Waals surface area contributed by atoms with Crippen molar-refractivity contribution >= 4 is 5.91 Å². The zero-order chi connectivity index (χ0) is 19.4. The predicted molar refractivity (Wildman–Crippen MR) is 103 cm³/mol. The van der Waals surface area contributed by atoms with Gasteiger partial charge in [-0.3, -0.25) is 4.79 Å². The number of amides is 1. The van der Waals surface area contributed by atoms with Crippen LogP contribution >= 0.6 is 0 Å². The molecule has 1 heterocycles. The molecule has 5 nitrogen and oxygen atoms in total. The predicted octanol–water partition coefficient (Wildman–Crippen LogP) is 3.72. The molecule has 1 unspecified atom stereocenters. The van der Waals surface area contributed by atoms with Gasteiger partial charge >= 0.3 is 0 Å². The second-order valence-corrected chi connectivity index (χ2v) is 9.09. The Morgan fingerprint density at radius 1 is 1.22 bits per heavy atom. The van der Waals surface area contributed by atoms with Gasteiger partial charge in [-0.15, -0.1) is 0 Å². The third kappa shape index (κ3) is 2.65. The Labute approximate surface area is 161 Å². The van der Waals surface area contributed by atoms with Gasteiger partial charge in [0.1, 0.15) is 0 Å². The quantitative estimate of drug-likeness (QED) is 0.874. The Morgan fingerprint density at radius 3 is 2.63 bits per heavy atom. The average molecular weight is 373 g/mol. The number of nitrogens with one attached hydrogen (secondary N) is 1. The first-order valence-electron chi connectivity index (χ1n) is 9.94. The van der Waals surface area contributed by atoms with Crippen LogP contribution in [-0.4, -0.2) is 32.8 Å². The summed E-state index contributed by atoms with van der Waals surface area (Å²) in [5, 5.41) is 3.33. The lowest BCUT2D eigenvalue weighted by Gasteiger charge is -2.53. The van der Waals surface area contributed by atoms with Gasteiger partial charge in [-0.2, -0.15) is 0 Å². The van der Waals surface area contributed by atoms with Gasteiger partial charge in [0, 0.05) is 19.6 Å². The Balaban J connectivity index is 1.70. The fourth-order valence-electron chi connectivity index (χ4n) is 6.35. The summed E-state index contributed by atoms with van der Waals surface area (Å²) in [7, 11) is 3.32. The van der Waals surface area contributed by atoms with Crippen LogP contribution in [0, 0.1) is 22.7 Å². The van der Waals surface area contributed by atoms with Crippen molar-refractivity contribution in [2.45, 2.75) is 52.2 Å². The molecule has 2 saturated carbocycles. The maximum absolute atomic E-state index is 12.0. The first-order chi connectivity index (χ1) is 12.8. The summed E-state index contributed by atoms with van der Waals surface area (Å²) >= 11 is 0. The summed E-state index contributed by atoms with van der Waals surface area (Å²) in [4.78, 5) is 12.0. The van der Waals surface area contributed by atoms with E-state index in [-0.39, 0.29) is 28.9 Å². The maximum atomic E-state index is 12.0. The number of carbonyl (C=O) groups is 1. The van der Waals surface area contributed by atoms with E-state index in [9.17, 15) is 4.79 Å². The van der Waals surface area contributed by atoms with Crippen molar-refractivity contribution in [1.82, 2.24) is 5.32 Å². The summed E-state index contributed by atoms with van der Waals surface area (Å²) < 4.78 is 17.2. The summed E-state index contributed by atoms with van der Waals surface area (Å²) in [6.07, 6.45) is 3.40. The maximum Gasteiger partial charge on any atom is 0.217 e. The van der Waals surface area contributed by atoms with Crippen LogP contribution in [0.25, 0.3) is 0 Å². The number of rotatable bonds is 4. The van der Waals surface area contributed by atoms with Gasteiger partial charge in [0.15, 0.2) is 11.5 Å². The molecule has 1 spiro atoms. The SMILES string of the molecule is COc1ccc([C@H]2OCCC34C[C@@H](C[C@H]23)C(C)(C)[C@@H]4NC(C)=O)cc1OC. The second kappa shape index (κ2) is 6.40. The molecule has 5 heteroatoms. The van der Waals surface area contributed by atoms with Crippen molar-refractivity contribution in [1.29, 1.82) is 0 Å². The van der Waals surface area contributed by atoms with Gasteiger partial charge in [0.05, 0.1) is 20.3 Å². The summed E-state index contributed by atoms with van der Waals surface area (Å²) in [6, 6.07) is 6.31. The molecule has 1 aromatic carbocycles. The van der Waals surface area contributed by atoms with Crippen molar-refractivity contribution in [3.05, 3.63) is 23.8 Å². The van der Waals surface area contributed by atoms with Crippen LogP contribution in [-0.2, 0) is 9.53 Å². The van der Waals surface area contributed by atoms with E-state index in [1.165, 1.54) is 6.42 Å². The molecule has 1 N–H and O–H groups in total. The molecule has 1 amide bonds. The smallest absolute Gasteiger partial charge is 0.217 e. The Morgan fingerprint density at radius 2 is 1.96 bits per heavy atom. The molecule has 2 aliphatic carbocycles. The monoisotopic (exact) mass is 373 g/mol. The fraction of sp³-hybridized carbons (Fsp3) is 0.682. The lowest BCUT2D eigenvalue weighted by molar-refractivity contribution is -0.136. The molecular weight excluding hydrogens is 342 g/mol. The molecule has 0 aromatic heterocycles.